The second kappa shape index (κ2) is 4.63. The smallest absolute Gasteiger partial charge is 0.313 e. The molecule has 0 atom stereocenters. The van der Waals surface area contributed by atoms with Crippen LogP contribution in [0.1, 0.15) is 5.56 Å². The van der Waals surface area contributed by atoms with Crippen LogP contribution in [0.15, 0.2) is 35.4 Å². The third kappa shape index (κ3) is 2.50. The van der Waals surface area contributed by atoms with Crippen molar-refractivity contribution in [1.29, 1.82) is 0 Å². The second-order valence-electron chi connectivity index (χ2n) is 3.71. The van der Waals surface area contributed by atoms with Gasteiger partial charge in [0, 0.05) is 17.0 Å². The number of hydrogen-bond donors (Lipinski definition) is 1. The lowest BCUT2D eigenvalue weighted by molar-refractivity contribution is -0.577. The average molecular weight is 249 g/mol. The molecule has 0 bridgehead atoms. The van der Waals surface area contributed by atoms with Crippen LogP contribution in [-0.4, -0.2) is 16.8 Å². The lowest BCUT2D eigenvalue weighted by Crippen LogP contribution is -2.26. The van der Waals surface area contributed by atoms with E-state index in [9.17, 15) is 10.0 Å². The van der Waals surface area contributed by atoms with Crippen molar-refractivity contribution in [2.24, 2.45) is 0 Å². The molecule has 0 fully saturated rings. The van der Waals surface area contributed by atoms with E-state index in [-0.39, 0.29) is 5.75 Å². The Labute approximate surface area is 102 Å². The van der Waals surface area contributed by atoms with Crippen LogP contribution in [0.3, 0.4) is 0 Å². The highest BCUT2D eigenvalue weighted by Gasteiger charge is 2.10. The van der Waals surface area contributed by atoms with Crippen molar-refractivity contribution in [3.63, 3.8) is 0 Å². The highest BCUT2D eigenvalue weighted by Crippen LogP contribution is 2.26. The first kappa shape index (κ1) is 11.7. The summed E-state index contributed by atoms with van der Waals surface area (Å²) in [5.74, 6) is -0.874. The second-order valence-corrected chi connectivity index (χ2v) is 4.73. The lowest BCUT2D eigenvalue weighted by atomic mass is 10.1. The van der Waals surface area contributed by atoms with Gasteiger partial charge in [-0.25, -0.2) is 0 Å². The van der Waals surface area contributed by atoms with Gasteiger partial charge in [-0.3, -0.25) is 4.79 Å². The molecule has 0 saturated carbocycles. The zero-order valence-corrected chi connectivity index (χ0v) is 10.0. The molecule has 1 heterocycles. The first-order valence-corrected chi connectivity index (χ1v) is 6.03. The Kier molecular flexibility index (Phi) is 3.19. The molecule has 0 aliphatic heterocycles. The highest BCUT2D eigenvalue weighted by atomic mass is 32.2. The predicted octanol–water partition coefficient (Wildman–Crippen LogP) is 1.96. The summed E-state index contributed by atoms with van der Waals surface area (Å²) in [6.45, 7) is 1.94. The Morgan fingerprint density at radius 1 is 1.47 bits per heavy atom. The fraction of sp³-hybridized carbons (Fsp3) is 0.167. The molecule has 4 nitrogen and oxygen atoms in total. The molecule has 0 aliphatic carbocycles. The van der Waals surface area contributed by atoms with Crippen LogP contribution in [0.5, 0.6) is 0 Å². The van der Waals surface area contributed by atoms with Crippen molar-refractivity contribution in [2.75, 3.05) is 5.75 Å². The normalized spacial score (nSPS) is 10.6. The largest absolute Gasteiger partial charge is 0.618 e. The summed E-state index contributed by atoms with van der Waals surface area (Å²) in [6, 6.07) is 7.17. The number of carboxylic acid groups (broad SMARTS) is 1. The molecule has 0 spiro atoms. The molecule has 0 saturated heterocycles. The first-order valence-electron chi connectivity index (χ1n) is 5.05. The van der Waals surface area contributed by atoms with Crippen LogP contribution < -0.4 is 4.73 Å². The Balaban J connectivity index is 2.52. The van der Waals surface area contributed by atoms with Crippen LogP contribution in [0.4, 0.5) is 0 Å². The molecule has 1 aromatic carbocycles. The maximum Gasteiger partial charge on any atom is 0.313 e. The van der Waals surface area contributed by atoms with Crippen LogP contribution in [0.2, 0.25) is 0 Å². The van der Waals surface area contributed by atoms with Gasteiger partial charge in [0.25, 0.3) is 0 Å². The molecule has 5 heteroatoms. The molecule has 1 aromatic heterocycles. The van der Waals surface area contributed by atoms with Gasteiger partial charge in [-0.1, -0.05) is 11.6 Å². The summed E-state index contributed by atoms with van der Waals surface area (Å²) in [5.41, 5.74) is 1.60. The minimum absolute atomic E-state index is 0.00802. The number of aliphatic carboxylic acids is 1. The number of nitrogens with zero attached hydrogens (tertiary/aromatic N) is 1. The van der Waals surface area contributed by atoms with E-state index in [0.29, 0.717) is 5.52 Å². The molecule has 0 radical (unpaired) electrons. The topological polar surface area (TPSA) is 64.2 Å². The number of aryl methyl sites for hydroxylation is 1. The Morgan fingerprint density at radius 3 is 2.94 bits per heavy atom. The van der Waals surface area contributed by atoms with E-state index in [0.717, 1.165) is 20.6 Å². The van der Waals surface area contributed by atoms with Crippen molar-refractivity contribution in [3.8, 4) is 0 Å². The number of rotatable bonds is 3. The number of benzene rings is 1. The van der Waals surface area contributed by atoms with Gasteiger partial charge in [0.1, 0.15) is 0 Å². The predicted molar refractivity (Wildman–Crippen MR) is 66.0 cm³/mol. The molecule has 0 unspecified atom stereocenters. The van der Waals surface area contributed by atoms with E-state index >= 15 is 0 Å². The third-order valence-electron chi connectivity index (χ3n) is 2.37. The Hall–Kier alpha value is -1.75. The molecule has 0 amide bonds. The number of fused-ring (bicyclic) bond motifs is 1. The maximum atomic E-state index is 11.6. The number of carboxylic acids is 1. The molecular formula is C12H11NO3S. The quantitative estimate of drug-likeness (QED) is 0.513. The standard InChI is InChI=1S/C12H11NO3S/c1-8-2-3-10-9(6-8)11(4-5-13(10)16)17-7-12(14)15/h2-6H,7H2,1H3,(H,14,15). The van der Waals surface area contributed by atoms with Crippen LogP contribution in [-0.2, 0) is 4.79 Å². The first-order chi connectivity index (χ1) is 8.08. The summed E-state index contributed by atoms with van der Waals surface area (Å²) in [5, 5.41) is 21.0. The van der Waals surface area contributed by atoms with Crippen LogP contribution >= 0.6 is 11.8 Å². The van der Waals surface area contributed by atoms with Gasteiger partial charge in [0.2, 0.25) is 5.52 Å². The Bertz CT molecular complexity index is 583. The number of aromatic nitrogens is 1. The number of thioether (sulfide) groups is 1. The van der Waals surface area contributed by atoms with E-state index in [4.69, 9.17) is 5.11 Å². The fourth-order valence-corrected chi connectivity index (χ4v) is 2.37. The lowest BCUT2D eigenvalue weighted by Gasteiger charge is -2.06. The van der Waals surface area contributed by atoms with Gasteiger partial charge in [-0.15, -0.1) is 11.8 Å². The minimum atomic E-state index is -0.866. The molecule has 0 aliphatic rings. The van der Waals surface area contributed by atoms with E-state index in [1.54, 1.807) is 12.1 Å². The SMILES string of the molecule is Cc1ccc2c(c1)c(SCC(=O)O)cc[n+]2[O-]. The van der Waals surface area contributed by atoms with Gasteiger partial charge in [0.15, 0.2) is 6.20 Å². The zero-order chi connectivity index (χ0) is 12.4. The molecule has 2 rings (SSSR count). The van der Waals surface area contributed by atoms with Crippen LogP contribution in [0.25, 0.3) is 10.9 Å². The number of pyridine rings is 1. The molecule has 17 heavy (non-hydrogen) atoms. The zero-order valence-electron chi connectivity index (χ0n) is 9.21. The average Bonchev–Trinajstić information content (AvgIpc) is 2.28. The van der Waals surface area contributed by atoms with Crippen LogP contribution in [0, 0.1) is 12.1 Å². The van der Waals surface area contributed by atoms with E-state index in [2.05, 4.69) is 0 Å². The highest BCUT2D eigenvalue weighted by molar-refractivity contribution is 8.00. The van der Waals surface area contributed by atoms with E-state index in [1.807, 2.05) is 19.1 Å². The fourth-order valence-electron chi connectivity index (χ4n) is 1.61. The third-order valence-corrected chi connectivity index (χ3v) is 3.43. The summed E-state index contributed by atoms with van der Waals surface area (Å²) in [6.07, 6.45) is 1.40. The van der Waals surface area contributed by atoms with Crippen molar-refractivity contribution >= 4 is 28.6 Å². The van der Waals surface area contributed by atoms with Gasteiger partial charge < -0.3 is 10.3 Å². The molecular weight excluding hydrogens is 238 g/mol. The van der Waals surface area contributed by atoms with Crippen molar-refractivity contribution in [2.45, 2.75) is 11.8 Å². The number of hydrogen-bond acceptors (Lipinski definition) is 3. The van der Waals surface area contributed by atoms with E-state index < -0.39 is 5.97 Å². The minimum Gasteiger partial charge on any atom is -0.618 e. The van der Waals surface area contributed by atoms with Gasteiger partial charge in [-0.05, 0) is 13.0 Å². The molecule has 1 N–H and O–H groups in total. The maximum absolute atomic E-state index is 11.6. The van der Waals surface area contributed by atoms with E-state index in [1.165, 1.54) is 18.0 Å². The van der Waals surface area contributed by atoms with Gasteiger partial charge in [0.05, 0.1) is 11.1 Å². The monoisotopic (exact) mass is 249 g/mol. The van der Waals surface area contributed by atoms with Crippen molar-refractivity contribution in [1.82, 2.24) is 0 Å². The number of carbonyl (C=O) groups is 1. The van der Waals surface area contributed by atoms with Gasteiger partial charge in [-0.2, -0.15) is 4.73 Å². The summed E-state index contributed by atoms with van der Waals surface area (Å²) >= 11 is 1.22. The molecule has 2 aromatic rings. The molecule has 88 valence electrons. The van der Waals surface area contributed by atoms with Crippen molar-refractivity contribution < 1.29 is 14.6 Å². The summed E-state index contributed by atoms with van der Waals surface area (Å²) < 4.78 is 0.791. The van der Waals surface area contributed by atoms with Crippen molar-refractivity contribution in [3.05, 3.63) is 41.2 Å². The Morgan fingerprint density at radius 2 is 2.24 bits per heavy atom. The summed E-state index contributed by atoms with van der Waals surface area (Å²) in [4.78, 5) is 11.4. The summed E-state index contributed by atoms with van der Waals surface area (Å²) in [7, 11) is 0. The van der Waals surface area contributed by atoms with Gasteiger partial charge >= 0.3 is 5.97 Å².